The summed E-state index contributed by atoms with van der Waals surface area (Å²) in [4.78, 5) is 31.1. The molecule has 0 bridgehead atoms. The average molecular weight is 356 g/mol. The fourth-order valence-corrected chi connectivity index (χ4v) is 2.09. The van der Waals surface area contributed by atoms with Crippen LogP contribution in [0.1, 0.15) is 71.1 Å². The molecule has 0 unspecified atom stereocenters. The minimum Gasteiger partial charge on any atom is -0.780 e. The summed E-state index contributed by atoms with van der Waals surface area (Å²) in [6.45, 7) is 2.18. The topological polar surface area (TPSA) is 89.5 Å². The van der Waals surface area contributed by atoms with E-state index in [0.29, 0.717) is 6.42 Å². The molecule has 0 aliphatic carbocycles. The molecule has 108 valence electrons. The van der Waals surface area contributed by atoms with Gasteiger partial charge in [-0.15, -0.1) is 0 Å². The Morgan fingerprint density at radius 1 is 0.900 bits per heavy atom. The Kier molecular flexibility index (Phi) is 25.3. The molecule has 0 aromatic rings. The van der Waals surface area contributed by atoms with Crippen LogP contribution in [0.4, 0.5) is 0 Å². The molecule has 0 aromatic carbocycles. The fraction of sp³-hybridized carbons (Fsp3) is 0.917. The van der Waals surface area contributed by atoms with Crippen LogP contribution in [0.2, 0.25) is 0 Å². The van der Waals surface area contributed by atoms with Gasteiger partial charge in [0.1, 0.15) is 7.82 Å². The number of phosphoric ester groups is 1. The molecule has 0 aromatic heterocycles. The number of hydrogen-bond donors (Lipinski definition) is 0. The average Bonchev–Trinajstić information content (AvgIpc) is 2.24. The molecule has 0 radical (unpaired) electrons. The summed E-state index contributed by atoms with van der Waals surface area (Å²) < 4.78 is 13.8. The molecule has 5 nitrogen and oxygen atoms in total. The zero-order chi connectivity index (χ0) is 13.9. The number of rotatable bonds is 11. The molecule has 0 spiro atoms. The first-order valence-electron chi connectivity index (χ1n) is 6.70. The second-order valence-corrected chi connectivity index (χ2v) is 5.57. The Labute approximate surface area is 207 Å². The molecule has 0 saturated carbocycles. The van der Waals surface area contributed by atoms with Crippen molar-refractivity contribution >= 4 is 13.8 Å². The summed E-state index contributed by atoms with van der Waals surface area (Å²) in [6, 6.07) is 0. The standard InChI is InChI=1S/C12H25O5P.2K/c1-2-3-4-5-6-7-8-9-10-11-12(13)17-18(14,15)16;;/h2-11H2,1H3,(H2,14,15,16);;/q;2*+1/p-2. The minimum absolute atomic E-state index is 0. The van der Waals surface area contributed by atoms with E-state index in [4.69, 9.17) is 0 Å². The Morgan fingerprint density at radius 2 is 1.30 bits per heavy atom. The van der Waals surface area contributed by atoms with E-state index in [9.17, 15) is 19.1 Å². The molecule has 8 heteroatoms. The van der Waals surface area contributed by atoms with Crippen molar-refractivity contribution in [3.8, 4) is 0 Å². The third-order valence-corrected chi connectivity index (χ3v) is 3.13. The molecular weight excluding hydrogens is 333 g/mol. The van der Waals surface area contributed by atoms with E-state index in [1.165, 1.54) is 32.1 Å². The van der Waals surface area contributed by atoms with Gasteiger partial charge in [0, 0.05) is 6.42 Å². The molecule has 0 fully saturated rings. The zero-order valence-corrected chi connectivity index (χ0v) is 20.2. The maximum atomic E-state index is 10.9. The molecule has 0 rings (SSSR count). The van der Waals surface area contributed by atoms with Gasteiger partial charge in [0.2, 0.25) is 0 Å². The second kappa shape index (κ2) is 18.2. The molecule has 0 heterocycles. The monoisotopic (exact) mass is 356 g/mol. The van der Waals surface area contributed by atoms with Gasteiger partial charge in [-0.25, -0.2) is 0 Å². The van der Waals surface area contributed by atoms with Crippen LogP contribution in [0, 0.1) is 0 Å². The predicted molar refractivity (Wildman–Crippen MR) is 65.5 cm³/mol. The van der Waals surface area contributed by atoms with Crippen LogP contribution in [0.15, 0.2) is 0 Å². The molecule has 0 amide bonds. The van der Waals surface area contributed by atoms with Crippen molar-refractivity contribution in [2.45, 2.75) is 71.1 Å². The van der Waals surface area contributed by atoms with E-state index in [-0.39, 0.29) is 109 Å². The molecule has 0 aliphatic heterocycles. The van der Waals surface area contributed by atoms with Crippen LogP contribution in [0.5, 0.6) is 0 Å². The van der Waals surface area contributed by atoms with Gasteiger partial charge in [-0.2, -0.15) is 0 Å². The van der Waals surface area contributed by atoms with Crippen molar-refractivity contribution in [3.63, 3.8) is 0 Å². The SMILES string of the molecule is CCCCCCCCCCCC(=O)OP(=O)([O-])[O-].[K+].[K+]. The van der Waals surface area contributed by atoms with E-state index in [1.54, 1.807) is 0 Å². The Balaban J connectivity index is -0.00000144. The fourth-order valence-electron chi connectivity index (χ4n) is 1.75. The Hall–Kier alpha value is 2.89. The van der Waals surface area contributed by atoms with Gasteiger partial charge < -0.3 is 18.9 Å². The first kappa shape index (κ1) is 27.7. The van der Waals surface area contributed by atoms with Crippen molar-refractivity contribution in [2.24, 2.45) is 0 Å². The smallest absolute Gasteiger partial charge is 0.780 e. The van der Waals surface area contributed by atoms with E-state index in [2.05, 4.69) is 11.4 Å². The van der Waals surface area contributed by atoms with E-state index in [1.807, 2.05) is 0 Å². The Bertz CT molecular complexity index is 271. The largest absolute Gasteiger partial charge is 1.00 e. The number of phosphoric acid groups is 1. The summed E-state index contributed by atoms with van der Waals surface area (Å²) in [5, 5.41) is 0. The van der Waals surface area contributed by atoms with Gasteiger partial charge >= 0.3 is 109 Å². The molecule has 20 heavy (non-hydrogen) atoms. The van der Waals surface area contributed by atoms with Crippen molar-refractivity contribution < 1.29 is 126 Å². The molecule has 0 N–H and O–H groups in total. The minimum atomic E-state index is -5.15. The zero-order valence-electron chi connectivity index (χ0n) is 13.1. The van der Waals surface area contributed by atoms with Crippen LogP contribution < -0.4 is 113 Å². The third-order valence-electron chi connectivity index (χ3n) is 2.70. The normalized spacial score (nSPS) is 10.3. The summed E-state index contributed by atoms with van der Waals surface area (Å²) in [7, 11) is -5.15. The number of carbonyl (C=O) groups is 1. The van der Waals surface area contributed by atoms with E-state index < -0.39 is 13.8 Å². The van der Waals surface area contributed by atoms with E-state index in [0.717, 1.165) is 19.3 Å². The summed E-state index contributed by atoms with van der Waals surface area (Å²) in [5.41, 5.74) is 0. The Morgan fingerprint density at radius 3 is 1.70 bits per heavy atom. The van der Waals surface area contributed by atoms with Crippen LogP contribution in [0.3, 0.4) is 0 Å². The predicted octanol–water partition coefficient (Wildman–Crippen LogP) is -3.71. The van der Waals surface area contributed by atoms with Crippen molar-refractivity contribution in [1.82, 2.24) is 0 Å². The van der Waals surface area contributed by atoms with Gasteiger partial charge in [-0.3, -0.25) is 4.79 Å². The van der Waals surface area contributed by atoms with Gasteiger partial charge in [-0.05, 0) is 6.42 Å². The van der Waals surface area contributed by atoms with Crippen LogP contribution in [-0.4, -0.2) is 5.97 Å². The maximum absolute atomic E-state index is 10.9. The summed E-state index contributed by atoms with van der Waals surface area (Å²) >= 11 is 0. The van der Waals surface area contributed by atoms with Crippen LogP contribution >= 0.6 is 7.82 Å². The van der Waals surface area contributed by atoms with Gasteiger partial charge in [0.15, 0.2) is 0 Å². The second-order valence-electron chi connectivity index (χ2n) is 4.49. The number of hydrogen-bond acceptors (Lipinski definition) is 5. The molecular formula is C12H23K2O5P. The van der Waals surface area contributed by atoms with Gasteiger partial charge in [0.05, 0.1) is 0 Å². The third kappa shape index (κ3) is 23.2. The summed E-state index contributed by atoms with van der Waals surface area (Å²) in [6.07, 6.45) is 9.90. The maximum Gasteiger partial charge on any atom is 1.00 e. The first-order chi connectivity index (χ1) is 8.45. The van der Waals surface area contributed by atoms with Crippen LogP contribution in [-0.2, 0) is 13.9 Å². The van der Waals surface area contributed by atoms with Gasteiger partial charge in [-0.1, -0.05) is 58.3 Å². The van der Waals surface area contributed by atoms with Crippen LogP contribution in [0.25, 0.3) is 0 Å². The van der Waals surface area contributed by atoms with Crippen molar-refractivity contribution in [3.05, 3.63) is 0 Å². The van der Waals surface area contributed by atoms with Crippen molar-refractivity contribution in [1.29, 1.82) is 0 Å². The number of unbranched alkanes of at least 4 members (excludes halogenated alkanes) is 8. The molecule has 0 aliphatic rings. The van der Waals surface area contributed by atoms with Crippen molar-refractivity contribution in [2.75, 3.05) is 0 Å². The quantitative estimate of drug-likeness (QED) is 0.216. The molecule has 0 atom stereocenters. The van der Waals surface area contributed by atoms with Gasteiger partial charge in [0.25, 0.3) is 0 Å². The molecule has 0 saturated heterocycles. The number of carbonyl (C=O) groups excluding carboxylic acids is 1. The summed E-state index contributed by atoms with van der Waals surface area (Å²) in [5.74, 6) is -0.939. The first-order valence-corrected chi connectivity index (χ1v) is 8.16. The van der Waals surface area contributed by atoms with E-state index >= 15 is 0 Å².